The SMILES string of the molecule is O=S([O-])OCCO.[K+]. The molecule has 44 valence electrons. The zero-order valence-electron chi connectivity index (χ0n) is 4.49. The van der Waals surface area contributed by atoms with Crippen molar-refractivity contribution >= 4 is 11.4 Å². The standard InChI is InChI=1S/C2H6O4S.K/c3-1-2-6-7(4)5;/h3H,1-2H2,(H,4,5);/q;+1/p-1. The summed E-state index contributed by atoms with van der Waals surface area (Å²) in [6.45, 7) is -0.426. The molecule has 0 bridgehead atoms. The molecular formula is C2H5KO4S. The second kappa shape index (κ2) is 8.67. The minimum Gasteiger partial charge on any atom is -0.750 e. The fraction of sp³-hybridized carbons (Fsp3) is 1.00. The first-order valence-corrected chi connectivity index (χ1v) is 2.60. The summed E-state index contributed by atoms with van der Waals surface area (Å²) >= 11 is -2.48. The van der Waals surface area contributed by atoms with Crippen molar-refractivity contribution in [1.29, 1.82) is 0 Å². The predicted molar refractivity (Wildman–Crippen MR) is 22.0 cm³/mol. The molecule has 0 fully saturated rings. The Hall–Kier alpha value is 1.67. The maximum absolute atomic E-state index is 9.42. The van der Waals surface area contributed by atoms with E-state index < -0.39 is 11.4 Å². The van der Waals surface area contributed by atoms with Gasteiger partial charge in [0.25, 0.3) is 0 Å². The summed E-state index contributed by atoms with van der Waals surface area (Å²) in [5, 5.41) is 7.92. The summed E-state index contributed by atoms with van der Waals surface area (Å²) in [6, 6.07) is 0. The molecule has 0 rings (SSSR count). The van der Waals surface area contributed by atoms with E-state index in [-0.39, 0.29) is 64.6 Å². The normalized spacial score (nSPS) is 12.2. The molecule has 0 saturated heterocycles. The maximum Gasteiger partial charge on any atom is 1.00 e. The van der Waals surface area contributed by atoms with Crippen LogP contribution in [0.25, 0.3) is 0 Å². The number of hydrogen-bond donors (Lipinski definition) is 1. The van der Waals surface area contributed by atoms with Gasteiger partial charge < -0.3 is 9.66 Å². The molecule has 0 aromatic heterocycles. The molecule has 1 unspecified atom stereocenters. The van der Waals surface area contributed by atoms with Crippen molar-refractivity contribution in [2.75, 3.05) is 13.2 Å². The smallest absolute Gasteiger partial charge is 0.750 e. The summed E-state index contributed by atoms with van der Waals surface area (Å²) in [5.41, 5.74) is 0. The second-order valence-corrected chi connectivity index (χ2v) is 1.39. The van der Waals surface area contributed by atoms with Crippen molar-refractivity contribution < 1.29 is 69.4 Å². The van der Waals surface area contributed by atoms with Gasteiger partial charge in [-0.25, -0.2) is 4.21 Å². The van der Waals surface area contributed by atoms with Gasteiger partial charge in [-0.15, -0.1) is 0 Å². The topological polar surface area (TPSA) is 69.6 Å². The van der Waals surface area contributed by atoms with Gasteiger partial charge in [0.15, 0.2) is 0 Å². The van der Waals surface area contributed by atoms with Crippen molar-refractivity contribution in [1.82, 2.24) is 0 Å². The van der Waals surface area contributed by atoms with Crippen LogP contribution in [0.2, 0.25) is 0 Å². The van der Waals surface area contributed by atoms with Gasteiger partial charge in [0, 0.05) is 0 Å². The van der Waals surface area contributed by atoms with E-state index in [0.29, 0.717) is 0 Å². The molecular weight excluding hydrogens is 159 g/mol. The van der Waals surface area contributed by atoms with Crippen molar-refractivity contribution in [3.8, 4) is 0 Å². The van der Waals surface area contributed by atoms with Gasteiger partial charge >= 0.3 is 51.4 Å². The van der Waals surface area contributed by atoms with E-state index in [1.807, 2.05) is 0 Å². The van der Waals surface area contributed by atoms with E-state index in [2.05, 4.69) is 4.18 Å². The first kappa shape index (κ1) is 12.4. The van der Waals surface area contributed by atoms with Gasteiger partial charge in [0.2, 0.25) is 0 Å². The summed E-state index contributed by atoms with van der Waals surface area (Å²) in [7, 11) is 0. The molecule has 1 N–H and O–H groups in total. The second-order valence-electron chi connectivity index (χ2n) is 0.750. The van der Waals surface area contributed by atoms with Crippen LogP contribution >= 0.6 is 0 Å². The Morgan fingerprint density at radius 2 is 2.25 bits per heavy atom. The van der Waals surface area contributed by atoms with Crippen LogP contribution in [0.3, 0.4) is 0 Å². The Morgan fingerprint density at radius 1 is 1.75 bits per heavy atom. The van der Waals surface area contributed by atoms with E-state index >= 15 is 0 Å². The summed E-state index contributed by atoms with van der Waals surface area (Å²) in [4.78, 5) is 0. The van der Waals surface area contributed by atoms with Crippen LogP contribution in [-0.2, 0) is 15.5 Å². The largest absolute Gasteiger partial charge is 1.00 e. The molecule has 0 aromatic rings. The van der Waals surface area contributed by atoms with E-state index in [1.165, 1.54) is 0 Å². The molecule has 0 amide bonds. The molecule has 1 atom stereocenters. The van der Waals surface area contributed by atoms with Crippen LogP contribution in [0.5, 0.6) is 0 Å². The van der Waals surface area contributed by atoms with Crippen LogP contribution in [0.4, 0.5) is 0 Å². The maximum atomic E-state index is 9.42. The fourth-order valence-corrected chi connectivity index (χ4v) is 0.316. The zero-order valence-corrected chi connectivity index (χ0v) is 8.43. The monoisotopic (exact) mass is 164 g/mol. The van der Waals surface area contributed by atoms with Crippen molar-refractivity contribution in [3.05, 3.63) is 0 Å². The molecule has 6 heteroatoms. The van der Waals surface area contributed by atoms with Crippen molar-refractivity contribution in [2.45, 2.75) is 0 Å². The van der Waals surface area contributed by atoms with Gasteiger partial charge in [0.05, 0.1) is 24.6 Å². The first-order chi connectivity index (χ1) is 3.27. The van der Waals surface area contributed by atoms with Crippen molar-refractivity contribution in [3.63, 3.8) is 0 Å². The molecule has 0 heterocycles. The number of hydrogen-bond acceptors (Lipinski definition) is 4. The van der Waals surface area contributed by atoms with E-state index in [9.17, 15) is 8.76 Å². The van der Waals surface area contributed by atoms with Crippen LogP contribution in [-0.4, -0.2) is 27.1 Å². The molecule has 0 saturated carbocycles. The van der Waals surface area contributed by atoms with Gasteiger partial charge in [-0.3, -0.25) is 4.18 Å². The molecule has 0 spiro atoms. The minimum absolute atomic E-state index is 0. The van der Waals surface area contributed by atoms with E-state index in [1.54, 1.807) is 0 Å². The zero-order chi connectivity index (χ0) is 5.70. The van der Waals surface area contributed by atoms with Crippen LogP contribution in [0, 0.1) is 0 Å². The Balaban J connectivity index is 0. The van der Waals surface area contributed by atoms with Gasteiger partial charge in [-0.2, -0.15) is 0 Å². The third-order valence-electron chi connectivity index (χ3n) is 0.271. The summed E-state index contributed by atoms with van der Waals surface area (Å²) in [6.07, 6.45) is 0. The molecule has 0 radical (unpaired) electrons. The number of rotatable bonds is 3. The molecule has 0 aliphatic rings. The Bertz CT molecular complexity index is 67.1. The Morgan fingerprint density at radius 3 is 2.38 bits per heavy atom. The quantitative estimate of drug-likeness (QED) is 0.339. The van der Waals surface area contributed by atoms with Gasteiger partial charge in [-0.05, 0) is 0 Å². The summed E-state index contributed by atoms with van der Waals surface area (Å²) in [5.74, 6) is 0. The van der Waals surface area contributed by atoms with Gasteiger partial charge in [0.1, 0.15) is 0 Å². The minimum atomic E-state index is -2.48. The molecule has 0 aromatic carbocycles. The number of aliphatic hydroxyl groups is 1. The molecule has 8 heavy (non-hydrogen) atoms. The predicted octanol–water partition coefficient (Wildman–Crippen LogP) is -4.21. The van der Waals surface area contributed by atoms with Crippen LogP contribution in [0.1, 0.15) is 0 Å². The first-order valence-electron chi connectivity index (χ1n) is 1.60. The Labute approximate surface area is 92.5 Å². The Kier molecular flexibility index (Phi) is 13.4. The van der Waals surface area contributed by atoms with Crippen molar-refractivity contribution in [2.24, 2.45) is 0 Å². The van der Waals surface area contributed by atoms with Crippen LogP contribution < -0.4 is 51.4 Å². The number of aliphatic hydroxyl groups excluding tert-OH is 1. The molecule has 0 aliphatic carbocycles. The third-order valence-corrected chi connectivity index (χ3v) is 0.630. The molecule has 0 aliphatic heterocycles. The molecule has 4 nitrogen and oxygen atoms in total. The fourth-order valence-electron chi connectivity index (χ4n) is 0.105. The third kappa shape index (κ3) is 10.6. The average molecular weight is 164 g/mol. The van der Waals surface area contributed by atoms with Gasteiger partial charge in [-0.1, -0.05) is 0 Å². The summed E-state index contributed by atoms with van der Waals surface area (Å²) < 4.78 is 22.7. The van der Waals surface area contributed by atoms with E-state index in [0.717, 1.165) is 0 Å². The average Bonchev–Trinajstić information content (AvgIpc) is 1.61. The van der Waals surface area contributed by atoms with E-state index in [4.69, 9.17) is 5.11 Å². The van der Waals surface area contributed by atoms with Crippen LogP contribution in [0.15, 0.2) is 0 Å².